The molecule has 1 atom stereocenters. The van der Waals surface area contributed by atoms with Crippen LogP contribution in [0.5, 0.6) is 0 Å². The van der Waals surface area contributed by atoms with Gasteiger partial charge in [-0.15, -0.1) is 0 Å². The van der Waals surface area contributed by atoms with E-state index in [0.717, 1.165) is 25.9 Å². The first-order chi connectivity index (χ1) is 9.47. The van der Waals surface area contributed by atoms with Crippen molar-refractivity contribution in [2.75, 3.05) is 18.4 Å². The fourth-order valence-electron chi connectivity index (χ4n) is 2.16. The van der Waals surface area contributed by atoms with Gasteiger partial charge in [0.2, 0.25) is 5.91 Å². The number of nitro groups is 1. The molecule has 1 unspecified atom stereocenters. The van der Waals surface area contributed by atoms with Gasteiger partial charge in [0.15, 0.2) is 0 Å². The molecule has 8 heteroatoms. The van der Waals surface area contributed by atoms with Crippen LogP contribution in [0.25, 0.3) is 0 Å². The Hall–Kier alpha value is -1.89. The van der Waals surface area contributed by atoms with Crippen LogP contribution < -0.4 is 5.32 Å². The number of nitrogens with zero attached hydrogens (tertiary/aromatic N) is 3. The summed E-state index contributed by atoms with van der Waals surface area (Å²) in [5, 5.41) is 13.6. The van der Waals surface area contributed by atoms with Crippen LogP contribution in [0.4, 0.5) is 11.5 Å². The van der Waals surface area contributed by atoms with Crippen molar-refractivity contribution < 1.29 is 9.72 Å². The molecule has 1 aromatic rings. The van der Waals surface area contributed by atoms with E-state index in [1.807, 2.05) is 0 Å². The van der Waals surface area contributed by atoms with Gasteiger partial charge in [-0.1, -0.05) is 11.6 Å². The van der Waals surface area contributed by atoms with Gasteiger partial charge in [-0.2, -0.15) is 0 Å². The normalized spacial score (nSPS) is 16.0. The Morgan fingerprint density at radius 2 is 2.15 bits per heavy atom. The maximum Gasteiger partial charge on any atom is 0.276 e. The number of hydrogen-bond donors (Lipinski definition) is 1. The molecule has 0 bridgehead atoms. The number of amides is 1. The molecule has 20 heavy (non-hydrogen) atoms. The van der Waals surface area contributed by atoms with Crippen LogP contribution in [-0.2, 0) is 4.79 Å². The molecule has 1 N–H and O–H groups in total. The Balaban J connectivity index is 2.08. The van der Waals surface area contributed by atoms with E-state index >= 15 is 0 Å². The zero-order valence-electron chi connectivity index (χ0n) is 11.0. The minimum atomic E-state index is -0.550. The molecule has 1 saturated heterocycles. The van der Waals surface area contributed by atoms with E-state index in [-0.39, 0.29) is 22.6 Å². The van der Waals surface area contributed by atoms with E-state index in [4.69, 9.17) is 11.6 Å². The van der Waals surface area contributed by atoms with Gasteiger partial charge < -0.3 is 10.2 Å². The summed E-state index contributed by atoms with van der Waals surface area (Å²) in [5.74, 6) is 0.191. The lowest BCUT2D eigenvalue weighted by atomic mass is 10.3. The van der Waals surface area contributed by atoms with Crippen LogP contribution in [0.1, 0.15) is 19.8 Å². The van der Waals surface area contributed by atoms with Crippen LogP contribution in [0.3, 0.4) is 0 Å². The van der Waals surface area contributed by atoms with Gasteiger partial charge in [-0.3, -0.25) is 14.9 Å². The molecule has 1 aliphatic heterocycles. The van der Waals surface area contributed by atoms with Crippen molar-refractivity contribution in [3.05, 3.63) is 27.4 Å². The lowest BCUT2D eigenvalue weighted by molar-refractivity contribution is -0.384. The highest BCUT2D eigenvalue weighted by Gasteiger charge is 2.23. The molecular formula is C12H15ClN4O3. The number of aromatic nitrogens is 1. The first-order valence-corrected chi connectivity index (χ1v) is 6.72. The molecule has 7 nitrogen and oxygen atoms in total. The molecule has 0 saturated carbocycles. The Bertz CT molecular complexity index is 531. The van der Waals surface area contributed by atoms with Gasteiger partial charge >= 0.3 is 0 Å². The molecule has 108 valence electrons. The Labute approximate surface area is 121 Å². The van der Waals surface area contributed by atoms with Crippen molar-refractivity contribution in [2.45, 2.75) is 25.8 Å². The van der Waals surface area contributed by atoms with Crippen LogP contribution >= 0.6 is 11.6 Å². The van der Waals surface area contributed by atoms with Crippen LogP contribution in [0.2, 0.25) is 5.15 Å². The predicted molar refractivity (Wildman–Crippen MR) is 74.8 cm³/mol. The van der Waals surface area contributed by atoms with E-state index < -0.39 is 11.0 Å². The topological polar surface area (TPSA) is 88.4 Å². The first-order valence-electron chi connectivity index (χ1n) is 6.34. The second-order valence-electron chi connectivity index (χ2n) is 4.69. The molecule has 1 aliphatic rings. The largest absolute Gasteiger partial charge is 0.358 e. The molecule has 0 spiro atoms. The van der Waals surface area contributed by atoms with E-state index in [0.29, 0.717) is 0 Å². The number of pyridine rings is 1. The van der Waals surface area contributed by atoms with Crippen LogP contribution in [0, 0.1) is 10.1 Å². The number of carbonyl (C=O) groups excluding carboxylic acids is 1. The second kappa shape index (κ2) is 6.04. The summed E-state index contributed by atoms with van der Waals surface area (Å²) in [4.78, 5) is 28.0. The highest BCUT2D eigenvalue weighted by Crippen LogP contribution is 2.21. The van der Waals surface area contributed by atoms with E-state index in [1.54, 1.807) is 11.8 Å². The highest BCUT2D eigenvalue weighted by molar-refractivity contribution is 6.29. The van der Waals surface area contributed by atoms with E-state index in [1.165, 1.54) is 12.1 Å². The van der Waals surface area contributed by atoms with Gasteiger partial charge in [-0.05, 0) is 19.8 Å². The highest BCUT2D eigenvalue weighted by atomic mass is 35.5. The fraction of sp³-hybridized carbons (Fsp3) is 0.500. The number of rotatable bonds is 4. The fourth-order valence-corrected chi connectivity index (χ4v) is 2.36. The average Bonchev–Trinajstić information content (AvgIpc) is 2.90. The maximum absolute atomic E-state index is 12.1. The van der Waals surface area contributed by atoms with E-state index in [2.05, 4.69) is 10.3 Å². The number of halogens is 1. The first kappa shape index (κ1) is 14.5. The van der Waals surface area contributed by atoms with Gasteiger partial charge in [0, 0.05) is 13.1 Å². The summed E-state index contributed by atoms with van der Waals surface area (Å²) in [5.41, 5.74) is -0.159. The Morgan fingerprint density at radius 1 is 1.50 bits per heavy atom. The Morgan fingerprint density at radius 3 is 2.75 bits per heavy atom. The van der Waals surface area contributed by atoms with Crippen molar-refractivity contribution in [1.29, 1.82) is 0 Å². The van der Waals surface area contributed by atoms with Crippen molar-refractivity contribution in [3.63, 3.8) is 0 Å². The molecule has 2 rings (SSSR count). The molecule has 1 fully saturated rings. The molecular weight excluding hydrogens is 284 g/mol. The van der Waals surface area contributed by atoms with Gasteiger partial charge in [-0.25, -0.2) is 4.98 Å². The number of nitrogens with one attached hydrogen (secondary N) is 1. The van der Waals surface area contributed by atoms with Crippen LogP contribution in [-0.4, -0.2) is 39.8 Å². The number of carbonyl (C=O) groups is 1. The smallest absolute Gasteiger partial charge is 0.276 e. The summed E-state index contributed by atoms with van der Waals surface area (Å²) >= 11 is 5.73. The Kier molecular flexibility index (Phi) is 4.39. The maximum atomic E-state index is 12.1. The monoisotopic (exact) mass is 298 g/mol. The summed E-state index contributed by atoms with van der Waals surface area (Å²) in [6.07, 6.45) is 2.03. The van der Waals surface area contributed by atoms with Crippen molar-refractivity contribution in [2.24, 2.45) is 0 Å². The lowest BCUT2D eigenvalue weighted by Crippen LogP contribution is -2.39. The molecule has 2 heterocycles. The lowest BCUT2D eigenvalue weighted by Gasteiger charge is -2.21. The standard InChI is InChI=1S/C12H15ClN4O3/c1-8(12(18)16-4-2-3-5-16)14-11-7-9(17(19)20)6-10(13)15-11/h6-8H,2-5H2,1H3,(H,14,15). The zero-order valence-corrected chi connectivity index (χ0v) is 11.8. The third-order valence-corrected chi connectivity index (χ3v) is 3.34. The molecule has 0 aromatic carbocycles. The molecule has 1 aromatic heterocycles. The van der Waals surface area contributed by atoms with Crippen molar-refractivity contribution in [1.82, 2.24) is 9.88 Å². The van der Waals surface area contributed by atoms with Crippen molar-refractivity contribution >= 4 is 29.0 Å². The molecule has 0 aliphatic carbocycles. The minimum absolute atomic E-state index is 0.0162. The molecule has 1 amide bonds. The van der Waals surface area contributed by atoms with E-state index in [9.17, 15) is 14.9 Å². The number of likely N-dealkylation sites (tertiary alicyclic amines) is 1. The summed E-state index contributed by atoms with van der Waals surface area (Å²) < 4.78 is 0. The minimum Gasteiger partial charge on any atom is -0.358 e. The third-order valence-electron chi connectivity index (χ3n) is 3.14. The van der Waals surface area contributed by atoms with Gasteiger partial charge in [0.1, 0.15) is 17.0 Å². The number of hydrogen-bond acceptors (Lipinski definition) is 5. The molecule has 0 radical (unpaired) electrons. The van der Waals surface area contributed by atoms with Gasteiger partial charge in [0.05, 0.1) is 17.1 Å². The van der Waals surface area contributed by atoms with Crippen LogP contribution in [0.15, 0.2) is 12.1 Å². The average molecular weight is 299 g/mol. The predicted octanol–water partition coefficient (Wildman–Crippen LogP) is 2.07. The number of anilines is 1. The summed E-state index contributed by atoms with van der Waals surface area (Å²) in [6, 6.07) is 1.93. The quantitative estimate of drug-likeness (QED) is 0.522. The summed E-state index contributed by atoms with van der Waals surface area (Å²) in [7, 11) is 0. The SMILES string of the molecule is CC(Nc1cc([N+](=O)[O-])cc(Cl)n1)C(=O)N1CCCC1. The van der Waals surface area contributed by atoms with Gasteiger partial charge in [0.25, 0.3) is 5.69 Å². The summed E-state index contributed by atoms with van der Waals surface area (Å²) in [6.45, 7) is 3.22. The third kappa shape index (κ3) is 3.36. The van der Waals surface area contributed by atoms with Crippen molar-refractivity contribution in [3.8, 4) is 0 Å². The second-order valence-corrected chi connectivity index (χ2v) is 5.08. The zero-order chi connectivity index (χ0) is 14.7.